The molecule has 0 saturated heterocycles. The third-order valence-electron chi connectivity index (χ3n) is 3.54. The lowest BCUT2D eigenvalue weighted by Gasteiger charge is -2.16. The molecule has 0 aromatic rings. The predicted octanol–water partition coefficient (Wildman–Crippen LogP) is 2.24. The van der Waals surface area contributed by atoms with E-state index in [4.69, 9.17) is 4.74 Å². The molecule has 3 rings (SSSR count). The average molecular weight is 202 g/mol. The highest BCUT2D eigenvalue weighted by atomic mass is 16.5. The highest BCUT2D eigenvalue weighted by Gasteiger charge is 2.57. The van der Waals surface area contributed by atoms with Crippen molar-refractivity contribution in [2.75, 3.05) is 6.61 Å². The van der Waals surface area contributed by atoms with Gasteiger partial charge in [-0.1, -0.05) is 29.9 Å². The second kappa shape index (κ2) is 3.09. The molecule has 78 valence electrons. The third-order valence-corrected chi connectivity index (χ3v) is 3.54. The van der Waals surface area contributed by atoms with Crippen LogP contribution in [-0.4, -0.2) is 12.6 Å². The topological polar surface area (TPSA) is 26.3 Å². The number of rotatable bonds is 2. The van der Waals surface area contributed by atoms with E-state index in [0.717, 1.165) is 6.42 Å². The van der Waals surface area contributed by atoms with Gasteiger partial charge in [-0.3, -0.25) is 4.79 Å². The fourth-order valence-electron chi connectivity index (χ4n) is 2.83. The monoisotopic (exact) mass is 202 g/mol. The second-order valence-electron chi connectivity index (χ2n) is 4.34. The SMILES string of the molecule is CCOC(=O)C1C2=CC3=CC=CCC3C21. The van der Waals surface area contributed by atoms with Crippen LogP contribution in [0.25, 0.3) is 0 Å². The average Bonchev–Trinajstić information content (AvgIpc) is 2.83. The maximum absolute atomic E-state index is 11.6. The van der Waals surface area contributed by atoms with Gasteiger partial charge in [0.25, 0.3) is 0 Å². The van der Waals surface area contributed by atoms with Gasteiger partial charge in [0.05, 0.1) is 12.5 Å². The highest BCUT2D eigenvalue weighted by Crippen LogP contribution is 2.60. The van der Waals surface area contributed by atoms with Crippen LogP contribution in [0.4, 0.5) is 0 Å². The molecule has 0 radical (unpaired) electrons. The van der Waals surface area contributed by atoms with E-state index >= 15 is 0 Å². The van der Waals surface area contributed by atoms with Crippen LogP contribution in [0.3, 0.4) is 0 Å². The van der Waals surface area contributed by atoms with Crippen molar-refractivity contribution in [3.8, 4) is 0 Å². The molecule has 0 amide bonds. The number of hydrogen-bond donors (Lipinski definition) is 0. The number of hydrogen-bond acceptors (Lipinski definition) is 2. The summed E-state index contributed by atoms with van der Waals surface area (Å²) in [7, 11) is 0. The summed E-state index contributed by atoms with van der Waals surface area (Å²) in [4.78, 5) is 11.6. The van der Waals surface area contributed by atoms with Crippen LogP contribution >= 0.6 is 0 Å². The van der Waals surface area contributed by atoms with Gasteiger partial charge < -0.3 is 4.74 Å². The molecule has 3 unspecified atom stereocenters. The minimum absolute atomic E-state index is 0.0256. The first-order valence-electron chi connectivity index (χ1n) is 5.57. The summed E-state index contributed by atoms with van der Waals surface area (Å²) < 4.78 is 5.06. The van der Waals surface area contributed by atoms with Crippen molar-refractivity contribution in [2.45, 2.75) is 13.3 Å². The first-order valence-corrected chi connectivity index (χ1v) is 5.57. The molecule has 0 aromatic carbocycles. The maximum Gasteiger partial charge on any atom is 0.313 e. The Morgan fingerprint density at radius 2 is 2.47 bits per heavy atom. The molecule has 0 aromatic heterocycles. The fraction of sp³-hybridized carbons (Fsp3) is 0.462. The van der Waals surface area contributed by atoms with E-state index in [1.54, 1.807) is 0 Å². The van der Waals surface area contributed by atoms with Crippen molar-refractivity contribution in [1.29, 1.82) is 0 Å². The van der Waals surface area contributed by atoms with Gasteiger partial charge in [-0.05, 0) is 24.8 Å². The van der Waals surface area contributed by atoms with E-state index in [2.05, 4.69) is 24.3 Å². The van der Waals surface area contributed by atoms with Gasteiger partial charge in [0.1, 0.15) is 0 Å². The molecule has 3 atom stereocenters. The number of ether oxygens (including phenoxy) is 1. The molecule has 2 nitrogen and oxygen atoms in total. The summed E-state index contributed by atoms with van der Waals surface area (Å²) in [5.74, 6) is 1.07. The Hall–Kier alpha value is -1.31. The summed E-state index contributed by atoms with van der Waals surface area (Å²) in [6.07, 6.45) is 9.72. The minimum Gasteiger partial charge on any atom is -0.466 e. The molecule has 3 aliphatic carbocycles. The summed E-state index contributed by atoms with van der Waals surface area (Å²) >= 11 is 0. The molecule has 0 heterocycles. The van der Waals surface area contributed by atoms with E-state index in [1.165, 1.54) is 11.1 Å². The van der Waals surface area contributed by atoms with Crippen molar-refractivity contribution in [3.63, 3.8) is 0 Å². The Balaban J connectivity index is 1.79. The van der Waals surface area contributed by atoms with Crippen LogP contribution in [0.15, 0.2) is 35.5 Å². The lowest BCUT2D eigenvalue weighted by atomic mass is 9.89. The van der Waals surface area contributed by atoms with Gasteiger partial charge in [0.2, 0.25) is 0 Å². The number of carbonyl (C=O) groups excluding carboxylic acids is 1. The molecule has 1 saturated carbocycles. The van der Waals surface area contributed by atoms with Crippen LogP contribution in [0.2, 0.25) is 0 Å². The zero-order valence-corrected chi connectivity index (χ0v) is 8.77. The Morgan fingerprint density at radius 1 is 1.60 bits per heavy atom. The summed E-state index contributed by atoms with van der Waals surface area (Å²) in [6, 6.07) is 0. The second-order valence-corrected chi connectivity index (χ2v) is 4.34. The normalized spacial score (nSPS) is 35.1. The molecule has 0 spiro atoms. The molecule has 2 heteroatoms. The standard InChI is InChI=1S/C13H14O2/c1-2-15-13(14)12-10-7-8-5-3-4-6-9(8)11(10)12/h3-5,7,9,11-12H,2,6H2,1H3. The summed E-state index contributed by atoms with van der Waals surface area (Å²) in [5, 5.41) is 0. The molecule has 0 N–H and O–H groups in total. The minimum atomic E-state index is -0.0256. The van der Waals surface area contributed by atoms with E-state index in [0.29, 0.717) is 18.4 Å². The zero-order valence-electron chi connectivity index (χ0n) is 8.77. The van der Waals surface area contributed by atoms with Gasteiger partial charge >= 0.3 is 5.97 Å². The molecule has 1 fully saturated rings. The third kappa shape index (κ3) is 1.21. The largest absolute Gasteiger partial charge is 0.466 e. The van der Waals surface area contributed by atoms with Crippen molar-refractivity contribution in [3.05, 3.63) is 35.5 Å². The van der Waals surface area contributed by atoms with Gasteiger partial charge in [-0.15, -0.1) is 0 Å². The van der Waals surface area contributed by atoms with Crippen LogP contribution in [-0.2, 0) is 9.53 Å². The Labute approximate surface area is 89.3 Å². The predicted molar refractivity (Wildman–Crippen MR) is 57.0 cm³/mol. The van der Waals surface area contributed by atoms with Crippen LogP contribution in [0, 0.1) is 17.8 Å². The van der Waals surface area contributed by atoms with Crippen molar-refractivity contribution in [1.82, 2.24) is 0 Å². The Morgan fingerprint density at radius 3 is 3.27 bits per heavy atom. The van der Waals surface area contributed by atoms with Gasteiger partial charge in [-0.2, -0.15) is 0 Å². The molecular formula is C13H14O2. The highest BCUT2D eigenvalue weighted by molar-refractivity contribution is 5.84. The van der Waals surface area contributed by atoms with Crippen molar-refractivity contribution in [2.24, 2.45) is 17.8 Å². The Bertz CT molecular complexity index is 401. The lowest BCUT2D eigenvalue weighted by molar-refractivity contribution is -0.144. The Kier molecular flexibility index (Phi) is 1.84. The first-order chi connectivity index (χ1) is 7.33. The summed E-state index contributed by atoms with van der Waals surface area (Å²) in [5.41, 5.74) is 2.70. The van der Waals surface area contributed by atoms with Crippen LogP contribution < -0.4 is 0 Å². The van der Waals surface area contributed by atoms with Crippen molar-refractivity contribution < 1.29 is 9.53 Å². The first kappa shape index (κ1) is 8.96. The number of allylic oxidation sites excluding steroid dienone is 5. The molecule has 3 aliphatic rings. The summed E-state index contributed by atoms with van der Waals surface area (Å²) in [6.45, 7) is 2.35. The lowest BCUT2D eigenvalue weighted by Crippen LogP contribution is -2.14. The number of esters is 1. The van der Waals surface area contributed by atoms with Gasteiger partial charge in [-0.25, -0.2) is 0 Å². The number of fused-ring (bicyclic) bond motifs is 3. The van der Waals surface area contributed by atoms with E-state index in [1.807, 2.05) is 6.92 Å². The molecule has 0 aliphatic heterocycles. The van der Waals surface area contributed by atoms with E-state index < -0.39 is 0 Å². The van der Waals surface area contributed by atoms with E-state index in [-0.39, 0.29) is 11.9 Å². The molecule has 0 bridgehead atoms. The van der Waals surface area contributed by atoms with E-state index in [9.17, 15) is 4.79 Å². The van der Waals surface area contributed by atoms with Gasteiger partial charge in [0.15, 0.2) is 0 Å². The smallest absolute Gasteiger partial charge is 0.313 e. The molecular weight excluding hydrogens is 188 g/mol. The zero-order chi connectivity index (χ0) is 10.4. The maximum atomic E-state index is 11.6. The van der Waals surface area contributed by atoms with Gasteiger partial charge in [0, 0.05) is 5.92 Å². The van der Waals surface area contributed by atoms with Crippen LogP contribution in [0.1, 0.15) is 13.3 Å². The quantitative estimate of drug-likeness (QED) is 0.642. The van der Waals surface area contributed by atoms with Crippen LogP contribution in [0.5, 0.6) is 0 Å². The number of carbonyl (C=O) groups is 1. The molecule has 15 heavy (non-hydrogen) atoms. The van der Waals surface area contributed by atoms with Crippen molar-refractivity contribution >= 4 is 5.97 Å². The fourth-order valence-corrected chi connectivity index (χ4v) is 2.83.